The maximum Gasteiger partial charge on any atom is 0.220 e. The number of β-amino-alcohol motifs (C(OH)–C–C–N with tert-alkyl or cyclic N) is 1. The van der Waals surface area contributed by atoms with Crippen LogP contribution in [0.25, 0.3) is 0 Å². The second-order valence-corrected chi connectivity index (χ2v) is 6.22. The first kappa shape index (κ1) is 17.0. The first-order valence-electron chi connectivity index (χ1n) is 8.41. The van der Waals surface area contributed by atoms with Crippen LogP contribution in [0, 0.1) is 0 Å². The molecule has 1 aliphatic rings. The Labute approximate surface area is 133 Å². The lowest BCUT2D eigenvalue weighted by atomic mass is 10.1. The largest absolute Gasteiger partial charge is 0.392 e. The normalized spacial score (nSPS) is 21.9. The smallest absolute Gasteiger partial charge is 0.220 e. The molecule has 1 amide bonds. The van der Waals surface area contributed by atoms with Crippen LogP contribution in [-0.2, 0) is 11.3 Å². The number of likely N-dealkylation sites (tertiary alicyclic amines) is 1. The van der Waals surface area contributed by atoms with Gasteiger partial charge >= 0.3 is 0 Å². The second kappa shape index (κ2) is 8.91. The lowest BCUT2D eigenvalue weighted by Gasteiger charge is -2.24. The SMILES string of the molecule is CCCCCC(=O)NCC1CC(O)CN1Cc1ccccc1. The zero-order valence-electron chi connectivity index (χ0n) is 13.5. The maximum absolute atomic E-state index is 11.8. The Kier molecular flexibility index (Phi) is 6.87. The molecular weight excluding hydrogens is 276 g/mol. The molecule has 0 radical (unpaired) electrons. The Morgan fingerprint density at radius 1 is 1.32 bits per heavy atom. The summed E-state index contributed by atoms with van der Waals surface area (Å²) in [6.45, 7) is 4.29. The molecular formula is C18H28N2O2. The van der Waals surface area contributed by atoms with Gasteiger partial charge < -0.3 is 10.4 Å². The van der Waals surface area contributed by atoms with Gasteiger partial charge in [-0.2, -0.15) is 0 Å². The topological polar surface area (TPSA) is 52.6 Å². The van der Waals surface area contributed by atoms with E-state index in [0.29, 0.717) is 19.5 Å². The van der Waals surface area contributed by atoms with Crippen LogP contribution in [0.4, 0.5) is 0 Å². The molecule has 2 rings (SSSR count). The van der Waals surface area contributed by atoms with Crippen molar-refractivity contribution in [1.82, 2.24) is 10.2 Å². The van der Waals surface area contributed by atoms with E-state index in [1.54, 1.807) is 0 Å². The fourth-order valence-corrected chi connectivity index (χ4v) is 3.04. The second-order valence-electron chi connectivity index (χ2n) is 6.22. The van der Waals surface area contributed by atoms with Crippen LogP contribution in [-0.4, -0.2) is 41.1 Å². The number of rotatable bonds is 8. The average molecular weight is 304 g/mol. The third-order valence-corrected chi connectivity index (χ3v) is 4.28. The van der Waals surface area contributed by atoms with Crippen molar-refractivity contribution >= 4 is 5.91 Å². The molecule has 1 aliphatic heterocycles. The molecule has 0 saturated carbocycles. The molecule has 1 aromatic carbocycles. The van der Waals surface area contributed by atoms with E-state index >= 15 is 0 Å². The van der Waals surface area contributed by atoms with Crippen molar-refractivity contribution in [3.05, 3.63) is 35.9 Å². The Morgan fingerprint density at radius 3 is 2.82 bits per heavy atom. The Balaban J connectivity index is 1.79. The summed E-state index contributed by atoms with van der Waals surface area (Å²) in [5.41, 5.74) is 1.25. The molecule has 4 nitrogen and oxygen atoms in total. The number of nitrogens with one attached hydrogen (secondary N) is 1. The predicted molar refractivity (Wildman–Crippen MR) is 88.4 cm³/mol. The summed E-state index contributed by atoms with van der Waals surface area (Å²) in [5.74, 6) is 0.134. The van der Waals surface area contributed by atoms with Crippen molar-refractivity contribution in [2.45, 2.75) is 57.7 Å². The number of hydrogen-bond donors (Lipinski definition) is 2. The van der Waals surface area contributed by atoms with Gasteiger partial charge in [-0.05, 0) is 18.4 Å². The summed E-state index contributed by atoms with van der Waals surface area (Å²) in [6.07, 6.45) is 4.27. The van der Waals surface area contributed by atoms with E-state index in [2.05, 4.69) is 29.3 Å². The standard InChI is InChI=1S/C18H28N2O2/c1-2-3-5-10-18(22)19-12-16-11-17(21)14-20(16)13-15-8-6-4-7-9-15/h4,6-9,16-17,21H,2-3,5,10-14H2,1H3,(H,19,22). The highest BCUT2D eigenvalue weighted by molar-refractivity contribution is 5.75. The highest BCUT2D eigenvalue weighted by Crippen LogP contribution is 2.20. The minimum absolute atomic E-state index is 0.134. The fourth-order valence-electron chi connectivity index (χ4n) is 3.04. The third-order valence-electron chi connectivity index (χ3n) is 4.28. The van der Waals surface area contributed by atoms with Crippen molar-refractivity contribution in [2.24, 2.45) is 0 Å². The van der Waals surface area contributed by atoms with Gasteiger partial charge in [-0.1, -0.05) is 50.1 Å². The van der Waals surface area contributed by atoms with Gasteiger partial charge in [0.05, 0.1) is 6.10 Å². The van der Waals surface area contributed by atoms with Crippen LogP contribution < -0.4 is 5.32 Å². The molecule has 0 spiro atoms. The molecule has 2 N–H and O–H groups in total. The molecule has 2 unspecified atom stereocenters. The molecule has 0 bridgehead atoms. The maximum atomic E-state index is 11.8. The number of aliphatic hydroxyl groups excluding tert-OH is 1. The van der Waals surface area contributed by atoms with Crippen LogP contribution in [0.15, 0.2) is 30.3 Å². The quantitative estimate of drug-likeness (QED) is 0.725. The van der Waals surface area contributed by atoms with Gasteiger partial charge in [-0.25, -0.2) is 0 Å². The van der Waals surface area contributed by atoms with Crippen LogP contribution in [0.2, 0.25) is 0 Å². The van der Waals surface area contributed by atoms with E-state index < -0.39 is 0 Å². The first-order chi connectivity index (χ1) is 10.7. The van der Waals surface area contributed by atoms with Crippen molar-refractivity contribution < 1.29 is 9.90 Å². The van der Waals surface area contributed by atoms with Crippen LogP contribution in [0.3, 0.4) is 0 Å². The van der Waals surface area contributed by atoms with E-state index in [9.17, 15) is 9.90 Å². The predicted octanol–water partition coefficient (Wildman–Crippen LogP) is 2.32. The summed E-state index contributed by atoms with van der Waals surface area (Å²) in [6, 6.07) is 10.5. The molecule has 1 saturated heterocycles. The highest BCUT2D eigenvalue weighted by Gasteiger charge is 2.30. The Bertz CT molecular complexity index is 450. The van der Waals surface area contributed by atoms with Crippen LogP contribution in [0.5, 0.6) is 0 Å². The highest BCUT2D eigenvalue weighted by atomic mass is 16.3. The molecule has 1 heterocycles. The van der Waals surface area contributed by atoms with Crippen LogP contribution >= 0.6 is 0 Å². The Morgan fingerprint density at radius 2 is 2.09 bits per heavy atom. The number of aliphatic hydroxyl groups is 1. The molecule has 1 fully saturated rings. The average Bonchev–Trinajstić information content (AvgIpc) is 2.86. The van der Waals surface area contributed by atoms with Gasteiger partial charge in [0.25, 0.3) is 0 Å². The molecule has 1 aromatic rings. The Hall–Kier alpha value is -1.39. The zero-order chi connectivity index (χ0) is 15.8. The number of hydrogen-bond acceptors (Lipinski definition) is 3. The molecule has 4 heteroatoms. The number of carbonyl (C=O) groups is 1. The van der Waals surface area contributed by atoms with E-state index in [4.69, 9.17) is 0 Å². The van der Waals surface area contributed by atoms with Crippen molar-refractivity contribution in [3.8, 4) is 0 Å². The first-order valence-corrected chi connectivity index (χ1v) is 8.41. The summed E-state index contributed by atoms with van der Waals surface area (Å²) in [7, 11) is 0. The minimum atomic E-state index is -0.286. The lowest BCUT2D eigenvalue weighted by molar-refractivity contribution is -0.121. The van der Waals surface area contributed by atoms with Gasteiger partial charge in [-0.15, -0.1) is 0 Å². The van der Waals surface area contributed by atoms with Gasteiger partial charge in [0.2, 0.25) is 5.91 Å². The zero-order valence-corrected chi connectivity index (χ0v) is 13.5. The number of amides is 1. The van der Waals surface area contributed by atoms with Crippen molar-refractivity contribution in [2.75, 3.05) is 13.1 Å². The third kappa shape index (κ3) is 5.43. The van der Waals surface area contributed by atoms with E-state index in [1.165, 1.54) is 5.56 Å². The number of benzene rings is 1. The summed E-state index contributed by atoms with van der Waals surface area (Å²) >= 11 is 0. The molecule has 0 aliphatic carbocycles. The number of nitrogens with zero attached hydrogens (tertiary/aromatic N) is 1. The summed E-state index contributed by atoms with van der Waals surface area (Å²) < 4.78 is 0. The van der Waals surface area contributed by atoms with Gasteiger partial charge in [-0.3, -0.25) is 9.69 Å². The van der Waals surface area contributed by atoms with Gasteiger partial charge in [0, 0.05) is 32.1 Å². The molecule has 122 valence electrons. The molecule has 0 aromatic heterocycles. The van der Waals surface area contributed by atoms with Crippen molar-refractivity contribution in [3.63, 3.8) is 0 Å². The summed E-state index contributed by atoms with van der Waals surface area (Å²) in [5, 5.41) is 13.0. The van der Waals surface area contributed by atoms with Gasteiger partial charge in [0.1, 0.15) is 0 Å². The summed E-state index contributed by atoms with van der Waals surface area (Å²) in [4.78, 5) is 14.1. The van der Waals surface area contributed by atoms with Crippen molar-refractivity contribution in [1.29, 1.82) is 0 Å². The van der Waals surface area contributed by atoms with Gasteiger partial charge in [0.15, 0.2) is 0 Å². The number of unbranched alkanes of at least 4 members (excludes halogenated alkanes) is 2. The van der Waals surface area contributed by atoms with E-state index in [1.807, 2.05) is 18.2 Å². The van der Waals surface area contributed by atoms with E-state index in [-0.39, 0.29) is 18.1 Å². The number of carbonyl (C=O) groups excluding carboxylic acids is 1. The molecule has 2 atom stereocenters. The van der Waals surface area contributed by atoms with E-state index in [0.717, 1.165) is 32.2 Å². The molecule has 22 heavy (non-hydrogen) atoms. The minimum Gasteiger partial charge on any atom is -0.392 e. The fraction of sp³-hybridized carbons (Fsp3) is 0.611. The van der Waals surface area contributed by atoms with Crippen LogP contribution in [0.1, 0.15) is 44.6 Å². The lowest BCUT2D eigenvalue weighted by Crippen LogP contribution is -2.39. The monoisotopic (exact) mass is 304 g/mol.